The minimum absolute atomic E-state index is 0.200. The monoisotopic (exact) mass is 370 g/mol. The molecular formula is C18H26O8. The lowest BCUT2D eigenvalue weighted by atomic mass is 9.91. The molecule has 0 unspecified atom stereocenters. The van der Waals surface area contributed by atoms with Crippen LogP contribution in [0.15, 0.2) is 24.3 Å². The van der Waals surface area contributed by atoms with Crippen molar-refractivity contribution in [3.63, 3.8) is 0 Å². The molecule has 2 fully saturated rings. The maximum atomic E-state index is 9.37. The van der Waals surface area contributed by atoms with E-state index >= 15 is 0 Å². The number of hydrogen-bond donors (Lipinski definition) is 4. The fourth-order valence-electron chi connectivity index (χ4n) is 2.85. The lowest BCUT2D eigenvalue weighted by Gasteiger charge is -2.38. The molecule has 2 aliphatic heterocycles. The quantitative estimate of drug-likeness (QED) is 0.540. The zero-order valence-electron chi connectivity index (χ0n) is 14.5. The molecule has 8 heteroatoms. The molecule has 26 heavy (non-hydrogen) atoms. The van der Waals surface area contributed by atoms with E-state index in [4.69, 9.17) is 18.9 Å². The van der Waals surface area contributed by atoms with Gasteiger partial charge in [0.25, 0.3) is 0 Å². The van der Waals surface area contributed by atoms with Crippen LogP contribution in [0.25, 0.3) is 0 Å². The lowest BCUT2D eigenvalue weighted by molar-refractivity contribution is -0.249. The Labute approximate surface area is 151 Å². The van der Waals surface area contributed by atoms with E-state index < -0.39 is 23.4 Å². The highest BCUT2D eigenvalue weighted by atomic mass is 16.7. The number of aliphatic hydroxyl groups excluding tert-OH is 4. The van der Waals surface area contributed by atoms with Gasteiger partial charge in [0.2, 0.25) is 0 Å². The highest BCUT2D eigenvalue weighted by Crippen LogP contribution is 2.34. The summed E-state index contributed by atoms with van der Waals surface area (Å²) in [7, 11) is 0. The molecule has 2 aliphatic rings. The highest BCUT2D eigenvalue weighted by molar-refractivity contribution is 5.24. The molecule has 0 bridgehead atoms. The molecular weight excluding hydrogens is 344 g/mol. The topological polar surface area (TPSA) is 118 Å². The predicted molar refractivity (Wildman–Crippen MR) is 88.9 cm³/mol. The molecule has 0 radical (unpaired) electrons. The summed E-state index contributed by atoms with van der Waals surface area (Å²) >= 11 is 0. The van der Waals surface area contributed by atoms with Crippen LogP contribution in [-0.2, 0) is 18.9 Å². The Morgan fingerprint density at radius 2 is 0.885 bits per heavy atom. The van der Waals surface area contributed by atoms with Gasteiger partial charge in [-0.15, -0.1) is 0 Å². The number of rotatable bonds is 6. The Morgan fingerprint density at radius 3 is 1.12 bits per heavy atom. The third-order valence-electron chi connectivity index (χ3n) is 4.99. The van der Waals surface area contributed by atoms with E-state index in [1.54, 1.807) is 0 Å². The molecule has 0 aromatic heterocycles. The summed E-state index contributed by atoms with van der Waals surface area (Å²) in [5.74, 6) is 0. The second-order valence-electron chi connectivity index (χ2n) is 7.21. The fraction of sp³-hybridized carbons (Fsp3) is 0.667. The standard InChI is InChI=1S/C18H26O8/c19-5-17(6-20)9-23-15(24-10-17)13-1-2-14(4-3-13)16-25-11-18(7-21,8-22)12-26-16/h1-4,15-16,19-22H,5-12H2. The van der Waals surface area contributed by atoms with Crippen LogP contribution in [0.5, 0.6) is 0 Å². The molecule has 0 atom stereocenters. The van der Waals surface area contributed by atoms with Crippen molar-refractivity contribution >= 4 is 0 Å². The van der Waals surface area contributed by atoms with Crippen LogP contribution in [0.2, 0.25) is 0 Å². The van der Waals surface area contributed by atoms with Crippen LogP contribution in [0, 0.1) is 10.8 Å². The van der Waals surface area contributed by atoms with Gasteiger partial charge >= 0.3 is 0 Å². The van der Waals surface area contributed by atoms with Crippen molar-refractivity contribution in [1.82, 2.24) is 0 Å². The number of ether oxygens (including phenoxy) is 4. The van der Waals surface area contributed by atoms with E-state index in [-0.39, 0.29) is 52.9 Å². The van der Waals surface area contributed by atoms with Crippen molar-refractivity contribution < 1.29 is 39.4 Å². The average molecular weight is 370 g/mol. The highest BCUT2D eigenvalue weighted by Gasteiger charge is 2.38. The zero-order chi connectivity index (χ0) is 18.6. The van der Waals surface area contributed by atoms with Gasteiger partial charge in [0.05, 0.1) is 63.7 Å². The van der Waals surface area contributed by atoms with Gasteiger partial charge in [0, 0.05) is 11.1 Å². The Balaban J connectivity index is 1.58. The van der Waals surface area contributed by atoms with Crippen LogP contribution in [0.4, 0.5) is 0 Å². The molecule has 0 aliphatic carbocycles. The smallest absolute Gasteiger partial charge is 0.183 e. The summed E-state index contributed by atoms with van der Waals surface area (Å²) in [5, 5.41) is 37.5. The zero-order valence-corrected chi connectivity index (χ0v) is 14.5. The summed E-state index contributed by atoms with van der Waals surface area (Å²) in [6, 6.07) is 7.38. The second-order valence-corrected chi connectivity index (χ2v) is 7.21. The molecule has 0 amide bonds. The molecule has 4 N–H and O–H groups in total. The molecule has 2 saturated heterocycles. The fourth-order valence-corrected chi connectivity index (χ4v) is 2.85. The van der Waals surface area contributed by atoms with Crippen LogP contribution in [0.3, 0.4) is 0 Å². The van der Waals surface area contributed by atoms with E-state index in [1.807, 2.05) is 24.3 Å². The first kappa shape index (κ1) is 19.7. The largest absolute Gasteiger partial charge is 0.396 e. The van der Waals surface area contributed by atoms with Gasteiger partial charge in [-0.05, 0) is 0 Å². The first-order chi connectivity index (χ1) is 12.6. The number of benzene rings is 1. The molecule has 2 heterocycles. The van der Waals surface area contributed by atoms with Crippen LogP contribution >= 0.6 is 0 Å². The third-order valence-corrected chi connectivity index (χ3v) is 4.99. The van der Waals surface area contributed by atoms with Crippen molar-refractivity contribution in [3.05, 3.63) is 35.4 Å². The normalized spacial score (nSPS) is 23.8. The van der Waals surface area contributed by atoms with Crippen molar-refractivity contribution in [2.45, 2.75) is 12.6 Å². The van der Waals surface area contributed by atoms with Gasteiger partial charge in [-0.25, -0.2) is 0 Å². The van der Waals surface area contributed by atoms with E-state index in [0.717, 1.165) is 11.1 Å². The molecule has 0 spiro atoms. The van der Waals surface area contributed by atoms with E-state index in [0.29, 0.717) is 0 Å². The van der Waals surface area contributed by atoms with Crippen LogP contribution in [0.1, 0.15) is 23.7 Å². The summed E-state index contributed by atoms with van der Waals surface area (Å²) in [5.41, 5.74) is 0.112. The van der Waals surface area contributed by atoms with Crippen molar-refractivity contribution in [2.24, 2.45) is 10.8 Å². The van der Waals surface area contributed by atoms with Crippen LogP contribution in [-0.4, -0.2) is 73.3 Å². The first-order valence-electron chi connectivity index (χ1n) is 8.59. The number of aliphatic hydroxyl groups is 4. The Morgan fingerprint density at radius 1 is 0.615 bits per heavy atom. The van der Waals surface area contributed by atoms with Gasteiger partial charge < -0.3 is 39.4 Å². The van der Waals surface area contributed by atoms with Gasteiger partial charge in [0.15, 0.2) is 12.6 Å². The molecule has 1 aromatic carbocycles. The Bertz CT molecular complexity index is 496. The van der Waals surface area contributed by atoms with E-state index in [9.17, 15) is 20.4 Å². The number of hydrogen-bond acceptors (Lipinski definition) is 8. The second kappa shape index (κ2) is 8.28. The molecule has 1 aromatic rings. The molecule has 0 saturated carbocycles. The summed E-state index contributed by atoms with van der Waals surface area (Å²) in [4.78, 5) is 0. The van der Waals surface area contributed by atoms with Crippen molar-refractivity contribution in [3.8, 4) is 0 Å². The van der Waals surface area contributed by atoms with Crippen molar-refractivity contribution in [2.75, 3.05) is 52.9 Å². The predicted octanol–water partition coefficient (Wildman–Crippen LogP) is -0.281. The summed E-state index contributed by atoms with van der Waals surface area (Å²) in [6.45, 7) is 0.0570. The third kappa shape index (κ3) is 3.92. The Hall–Kier alpha value is -1.10. The first-order valence-corrected chi connectivity index (χ1v) is 8.59. The molecule has 8 nitrogen and oxygen atoms in total. The van der Waals surface area contributed by atoms with Crippen molar-refractivity contribution in [1.29, 1.82) is 0 Å². The maximum Gasteiger partial charge on any atom is 0.183 e. The SMILES string of the molecule is OCC1(CO)COC(c2ccc(C3OCC(CO)(CO)CO3)cc2)OC1. The summed E-state index contributed by atoms with van der Waals surface area (Å²) in [6.07, 6.45) is -1.11. The molecule has 3 rings (SSSR count). The minimum atomic E-state index is -0.758. The molecule has 146 valence electrons. The average Bonchev–Trinajstić information content (AvgIpc) is 2.74. The minimum Gasteiger partial charge on any atom is -0.396 e. The maximum absolute atomic E-state index is 9.37. The van der Waals surface area contributed by atoms with Gasteiger partial charge in [-0.2, -0.15) is 0 Å². The lowest BCUT2D eigenvalue weighted by Crippen LogP contribution is -2.44. The van der Waals surface area contributed by atoms with Crippen LogP contribution < -0.4 is 0 Å². The van der Waals surface area contributed by atoms with E-state index in [2.05, 4.69) is 0 Å². The van der Waals surface area contributed by atoms with Gasteiger partial charge in [-0.3, -0.25) is 0 Å². The summed E-state index contributed by atoms with van der Waals surface area (Å²) < 4.78 is 22.6. The van der Waals surface area contributed by atoms with E-state index in [1.165, 1.54) is 0 Å². The van der Waals surface area contributed by atoms with Gasteiger partial charge in [0.1, 0.15) is 0 Å². The Kier molecular flexibility index (Phi) is 6.26. The van der Waals surface area contributed by atoms with Gasteiger partial charge in [-0.1, -0.05) is 24.3 Å².